The molecule has 1 aliphatic rings. The van der Waals surface area contributed by atoms with E-state index in [1.807, 2.05) is 6.92 Å². The highest BCUT2D eigenvalue weighted by molar-refractivity contribution is 7.89. The van der Waals surface area contributed by atoms with Gasteiger partial charge >= 0.3 is 0 Å². The molecule has 0 spiro atoms. The number of terminal acetylenes is 1. The van der Waals surface area contributed by atoms with Crippen molar-refractivity contribution in [2.24, 2.45) is 5.92 Å². The van der Waals surface area contributed by atoms with Gasteiger partial charge < -0.3 is 10.3 Å². The fourth-order valence-electron chi connectivity index (χ4n) is 2.02. The van der Waals surface area contributed by atoms with Gasteiger partial charge in [-0.2, -0.15) is 4.31 Å². The fourth-order valence-corrected chi connectivity index (χ4v) is 3.47. The van der Waals surface area contributed by atoms with Gasteiger partial charge in [-0.3, -0.25) is 0 Å². The standard InChI is InChI=1S/C14H21N3O2S/c1-3-7-17(11-12-5-6-12)20(18,19)14-8-13(16-10-14)9-15-4-2/h1,8,10,12,15-16H,4-7,9,11H2,2H3. The number of sulfonamides is 1. The lowest BCUT2D eigenvalue weighted by Gasteiger charge is -2.18. The number of nitrogens with zero attached hydrogens (tertiary/aromatic N) is 1. The zero-order valence-electron chi connectivity index (χ0n) is 11.7. The summed E-state index contributed by atoms with van der Waals surface area (Å²) < 4.78 is 26.5. The quantitative estimate of drug-likeness (QED) is 0.707. The van der Waals surface area contributed by atoms with Crippen LogP contribution in [0, 0.1) is 18.3 Å². The molecule has 110 valence electrons. The number of hydrogen-bond donors (Lipinski definition) is 2. The number of rotatable bonds is 8. The number of nitrogens with one attached hydrogen (secondary N) is 2. The average Bonchev–Trinajstić information content (AvgIpc) is 3.10. The van der Waals surface area contributed by atoms with Crippen LogP contribution in [0.1, 0.15) is 25.5 Å². The van der Waals surface area contributed by atoms with Crippen molar-refractivity contribution in [3.8, 4) is 12.3 Å². The normalized spacial score (nSPS) is 15.4. The van der Waals surface area contributed by atoms with Gasteiger partial charge in [0.15, 0.2) is 0 Å². The van der Waals surface area contributed by atoms with Crippen LogP contribution < -0.4 is 5.32 Å². The van der Waals surface area contributed by atoms with E-state index in [2.05, 4.69) is 16.2 Å². The highest BCUT2D eigenvalue weighted by Crippen LogP contribution is 2.31. The van der Waals surface area contributed by atoms with Crippen molar-refractivity contribution in [2.45, 2.75) is 31.2 Å². The Bertz CT molecular complexity index is 582. The molecule has 1 heterocycles. The molecule has 0 aliphatic heterocycles. The molecule has 0 unspecified atom stereocenters. The van der Waals surface area contributed by atoms with E-state index in [-0.39, 0.29) is 6.54 Å². The number of hydrogen-bond acceptors (Lipinski definition) is 3. The van der Waals surface area contributed by atoms with Gasteiger partial charge in [-0.25, -0.2) is 8.42 Å². The summed E-state index contributed by atoms with van der Waals surface area (Å²) in [6.07, 6.45) is 9.02. The lowest BCUT2D eigenvalue weighted by Crippen LogP contribution is -2.33. The highest BCUT2D eigenvalue weighted by Gasteiger charge is 2.31. The minimum absolute atomic E-state index is 0.132. The Morgan fingerprint density at radius 3 is 2.90 bits per heavy atom. The molecule has 0 aromatic carbocycles. The predicted molar refractivity (Wildman–Crippen MR) is 78.5 cm³/mol. The first-order valence-electron chi connectivity index (χ1n) is 6.89. The van der Waals surface area contributed by atoms with Crippen molar-refractivity contribution in [1.29, 1.82) is 0 Å². The zero-order chi connectivity index (χ0) is 14.6. The predicted octanol–water partition coefficient (Wildman–Crippen LogP) is 1.16. The molecule has 2 rings (SSSR count). The van der Waals surface area contributed by atoms with E-state index in [1.165, 1.54) is 4.31 Å². The third-order valence-corrected chi connectivity index (χ3v) is 5.14. The van der Waals surface area contributed by atoms with Gasteiger partial charge in [0, 0.05) is 25.0 Å². The first-order chi connectivity index (χ1) is 9.57. The van der Waals surface area contributed by atoms with Crippen molar-refractivity contribution in [3.63, 3.8) is 0 Å². The SMILES string of the molecule is C#CCN(CC1CC1)S(=O)(=O)c1c[nH]c(CNCC)c1. The van der Waals surface area contributed by atoms with Crippen LogP contribution >= 0.6 is 0 Å². The highest BCUT2D eigenvalue weighted by atomic mass is 32.2. The Kier molecular flexibility index (Phi) is 4.86. The van der Waals surface area contributed by atoms with Crippen LogP contribution in [0.15, 0.2) is 17.2 Å². The summed E-state index contributed by atoms with van der Waals surface area (Å²) in [7, 11) is -3.49. The fraction of sp³-hybridized carbons (Fsp3) is 0.571. The third kappa shape index (κ3) is 3.63. The monoisotopic (exact) mass is 295 g/mol. The molecule has 0 bridgehead atoms. The van der Waals surface area contributed by atoms with E-state index in [4.69, 9.17) is 6.42 Å². The van der Waals surface area contributed by atoms with Crippen molar-refractivity contribution in [2.75, 3.05) is 19.6 Å². The topological polar surface area (TPSA) is 65.2 Å². The summed E-state index contributed by atoms with van der Waals surface area (Å²) in [5.74, 6) is 2.91. The summed E-state index contributed by atoms with van der Waals surface area (Å²) in [5.41, 5.74) is 0.859. The van der Waals surface area contributed by atoms with Gasteiger partial charge in [0.1, 0.15) is 0 Å². The van der Waals surface area contributed by atoms with Crippen molar-refractivity contribution in [3.05, 3.63) is 18.0 Å². The molecule has 1 fully saturated rings. The Balaban J connectivity index is 2.13. The zero-order valence-corrected chi connectivity index (χ0v) is 12.5. The van der Waals surface area contributed by atoms with Crippen LogP contribution in [-0.4, -0.2) is 37.3 Å². The Morgan fingerprint density at radius 2 is 2.30 bits per heavy atom. The maximum atomic E-state index is 12.6. The van der Waals surface area contributed by atoms with Gasteiger partial charge in [-0.1, -0.05) is 12.8 Å². The second kappa shape index (κ2) is 6.44. The number of aromatic nitrogens is 1. The van der Waals surface area contributed by atoms with E-state index >= 15 is 0 Å². The molecule has 1 aliphatic carbocycles. The molecule has 6 heteroatoms. The Morgan fingerprint density at radius 1 is 1.55 bits per heavy atom. The van der Waals surface area contributed by atoms with Crippen molar-refractivity contribution in [1.82, 2.24) is 14.6 Å². The average molecular weight is 295 g/mol. The van der Waals surface area contributed by atoms with E-state index < -0.39 is 10.0 Å². The molecular weight excluding hydrogens is 274 g/mol. The molecule has 1 saturated carbocycles. The second-order valence-electron chi connectivity index (χ2n) is 5.09. The molecular formula is C14H21N3O2S. The molecule has 1 aromatic rings. The minimum atomic E-state index is -3.49. The van der Waals surface area contributed by atoms with Gasteiger partial charge in [0.2, 0.25) is 10.0 Å². The van der Waals surface area contributed by atoms with Crippen LogP contribution in [0.4, 0.5) is 0 Å². The summed E-state index contributed by atoms with van der Waals surface area (Å²) >= 11 is 0. The molecule has 0 radical (unpaired) electrons. The second-order valence-corrected chi connectivity index (χ2v) is 7.02. The lowest BCUT2D eigenvalue weighted by molar-refractivity contribution is 0.430. The molecule has 2 N–H and O–H groups in total. The van der Waals surface area contributed by atoms with Gasteiger partial charge in [-0.15, -0.1) is 6.42 Å². The van der Waals surface area contributed by atoms with E-state index in [0.29, 0.717) is 23.9 Å². The van der Waals surface area contributed by atoms with Crippen molar-refractivity contribution >= 4 is 10.0 Å². The van der Waals surface area contributed by atoms with Crippen molar-refractivity contribution < 1.29 is 8.42 Å². The van der Waals surface area contributed by atoms with Crippen LogP contribution in [0.25, 0.3) is 0 Å². The summed E-state index contributed by atoms with van der Waals surface area (Å²) in [4.78, 5) is 3.29. The summed E-state index contributed by atoms with van der Waals surface area (Å²) in [6.45, 7) is 4.13. The largest absolute Gasteiger partial charge is 0.363 e. The first kappa shape index (κ1) is 15.1. The molecule has 20 heavy (non-hydrogen) atoms. The van der Waals surface area contributed by atoms with Crippen LogP contribution in [-0.2, 0) is 16.6 Å². The molecule has 0 amide bonds. The van der Waals surface area contributed by atoms with Crippen LogP contribution in [0.3, 0.4) is 0 Å². The summed E-state index contributed by atoms with van der Waals surface area (Å²) in [5, 5.41) is 3.15. The number of H-pyrrole nitrogens is 1. The lowest BCUT2D eigenvalue weighted by atomic mass is 10.4. The van der Waals surface area contributed by atoms with E-state index in [9.17, 15) is 8.42 Å². The van der Waals surface area contributed by atoms with Gasteiger partial charge in [0.05, 0.1) is 11.4 Å². The van der Waals surface area contributed by atoms with Gasteiger partial charge in [0.25, 0.3) is 0 Å². The van der Waals surface area contributed by atoms with E-state index in [0.717, 1.165) is 25.1 Å². The smallest absolute Gasteiger partial charge is 0.245 e. The third-order valence-electron chi connectivity index (χ3n) is 3.35. The molecule has 5 nitrogen and oxygen atoms in total. The minimum Gasteiger partial charge on any atom is -0.363 e. The van der Waals surface area contributed by atoms with Gasteiger partial charge in [-0.05, 0) is 31.4 Å². The van der Waals surface area contributed by atoms with Crippen LogP contribution in [0.5, 0.6) is 0 Å². The molecule has 0 atom stereocenters. The maximum Gasteiger partial charge on any atom is 0.245 e. The van der Waals surface area contributed by atoms with E-state index in [1.54, 1.807) is 12.3 Å². The maximum absolute atomic E-state index is 12.6. The molecule has 0 saturated heterocycles. The molecule has 1 aromatic heterocycles. The Labute approximate surface area is 120 Å². The Hall–Kier alpha value is -1.29. The first-order valence-corrected chi connectivity index (χ1v) is 8.33. The summed E-state index contributed by atoms with van der Waals surface area (Å²) in [6, 6.07) is 1.68. The number of aromatic amines is 1. The van der Waals surface area contributed by atoms with Crippen LogP contribution in [0.2, 0.25) is 0 Å².